The molecular formula is C26H21F3N2O5. The van der Waals surface area contributed by atoms with E-state index in [2.05, 4.69) is 15.0 Å². The maximum atomic E-state index is 12.8. The molecule has 10 heteroatoms. The number of para-hydroxylation sites is 1. The van der Waals surface area contributed by atoms with Crippen molar-refractivity contribution in [3.05, 3.63) is 84.6 Å². The Bertz CT molecular complexity index is 1360. The van der Waals surface area contributed by atoms with Gasteiger partial charge in [-0.05, 0) is 48.0 Å². The number of aromatic nitrogens is 1. The second-order valence-corrected chi connectivity index (χ2v) is 7.78. The number of fused-ring (bicyclic) bond motifs is 1. The number of aliphatic hydroxyl groups is 2. The molecule has 0 saturated heterocycles. The Morgan fingerprint density at radius 1 is 0.972 bits per heavy atom. The summed E-state index contributed by atoms with van der Waals surface area (Å²) in [6.45, 7) is -0.488. The van der Waals surface area contributed by atoms with E-state index in [0.717, 1.165) is 0 Å². The SMILES string of the molecule is O=C(Nc1ccc(OCC(O)CO)cc1)c1ccc2cccc(-c3cccc(OC(F)(F)F)c3)c2n1. The lowest BCUT2D eigenvalue weighted by molar-refractivity contribution is -0.274. The van der Waals surface area contributed by atoms with Crippen molar-refractivity contribution in [3.8, 4) is 22.6 Å². The number of rotatable bonds is 8. The average molecular weight is 498 g/mol. The van der Waals surface area contributed by atoms with Gasteiger partial charge in [0.05, 0.1) is 12.1 Å². The van der Waals surface area contributed by atoms with E-state index >= 15 is 0 Å². The quantitative estimate of drug-likeness (QED) is 0.323. The molecule has 36 heavy (non-hydrogen) atoms. The zero-order valence-electron chi connectivity index (χ0n) is 18.7. The molecule has 0 bridgehead atoms. The number of halogens is 3. The van der Waals surface area contributed by atoms with Crippen LogP contribution in [0.1, 0.15) is 10.5 Å². The minimum atomic E-state index is -4.81. The van der Waals surface area contributed by atoms with Crippen LogP contribution in [0.2, 0.25) is 0 Å². The van der Waals surface area contributed by atoms with Gasteiger partial charge in [-0.25, -0.2) is 4.98 Å². The van der Waals surface area contributed by atoms with Crippen LogP contribution in [0.15, 0.2) is 78.9 Å². The first kappa shape index (κ1) is 25.0. The monoisotopic (exact) mass is 498 g/mol. The van der Waals surface area contributed by atoms with E-state index in [1.54, 1.807) is 60.7 Å². The van der Waals surface area contributed by atoms with Crippen LogP contribution in [0.25, 0.3) is 22.0 Å². The van der Waals surface area contributed by atoms with Crippen molar-refractivity contribution in [2.24, 2.45) is 0 Å². The number of hydrogen-bond acceptors (Lipinski definition) is 6. The van der Waals surface area contributed by atoms with Crippen LogP contribution in [0, 0.1) is 0 Å². The number of anilines is 1. The summed E-state index contributed by atoms with van der Waals surface area (Å²) in [5, 5.41) is 21.6. The smallest absolute Gasteiger partial charge is 0.491 e. The zero-order valence-corrected chi connectivity index (χ0v) is 18.7. The topological polar surface area (TPSA) is 101 Å². The Balaban J connectivity index is 1.56. The third-order valence-electron chi connectivity index (χ3n) is 5.10. The van der Waals surface area contributed by atoms with Gasteiger partial charge in [0.25, 0.3) is 5.91 Å². The number of ether oxygens (including phenoxy) is 2. The predicted octanol–water partition coefficient (Wildman–Crippen LogP) is 4.78. The third-order valence-corrected chi connectivity index (χ3v) is 5.10. The van der Waals surface area contributed by atoms with Gasteiger partial charge in [0.2, 0.25) is 0 Å². The number of aliphatic hydroxyl groups excluding tert-OH is 2. The molecule has 0 aliphatic carbocycles. The highest BCUT2D eigenvalue weighted by Gasteiger charge is 2.31. The average Bonchev–Trinajstić information content (AvgIpc) is 2.86. The first-order valence-corrected chi connectivity index (χ1v) is 10.8. The molecule has 7 nitrogen and oxygen atoms in total. The van der Waals surface area contributed by atoms with Gasteiger partial charge in [0.15, 0.2) is 0 Å². The standard InChI is InChI=1S/C26H21F3N2O5/c27-26(28,29)36-21-5-1-4-17(13-21)22-6-2-3-16-7-12-23(31-24(16)22)25(34)30-18-8-10-20(11-9-18)35-15-19(33)14-32/h1-13,19,32-33H,14-15H2,(H,30,34). The molecule has 1 atom stereocenters. The van der Waals surface area contributed by atoms with Gasteiger partial charge in [-0.15, -0.1) is 13.2 Å². The van der Waals surface area contributed by atoms with Crippen molar-refractivity contribution in [3.63, 3.8) is 0 Å². The molecule has 0 fully saturated rings. The molecule has 1 heterocycles. The van der Waals surface area contributed by atoms with Crippen LogP contribution >= 0.6 is 0 Å². The van der Waals surface area contributed by atoms with Gasteiger partial charge in [0, 0.05) is 16.6 Å². The van der Waals surface area contributed by atoms with Crippen LogP contribution in [-0.4, -0.2) is 46.8 Å². The Labute approximate surface area is 203 Å². The number of carbonyl (C=O) groups excluding carboxylic acids is 1. The fourth-order valence-electron chi connectivity index (χ4n) is 3.44. The van der Waals surface area contributed by atoms with Crippen molar-refractivity contribution >= 4 is 22.5 Å². The summed E-state index contributed by atoms with van der Waals surface area (Å²) >= 11 is 0. The van der Waals surface area contributed by atoms with Crippen molar-refractivity contribution in [1.82, 2.24) is 4.98 Å². The van der Waals surface area contributed by atoms with E-state index in [1.807, 2.05) is 0 Å². The summed E-state index contributed by atoms with van der Waals surface area (Å²) in [6, 6.07) is 20.5. The van der Waals surface area contributed by atoms with Crippen molar-refractivity contribution in [1.29, 1.82) is 0 Å². The number of nitrogens with one attached hydrogen (secondary N) is 1. The minimum absolute atomic E-state index is 0.0726. The summed E-state index contributed by atoms with van der Waals surface area (Å²) in [5.74, 6) is -0.389. The second kappa shape index (κ2) is 10.6. The molecule has 4 rings (SSSR count). The molecule has 0 aliphatic heterocycles. The molecule has 0 radical (unpaired) electrons. The molecule has 1 unspecified atom stereocenters. The molecule has 3 N–H and O–H groups in total. The molecular weight excluding hydrogens is 477 g/mol. The lowest BCUT2D eigenvalue weighted by Crippen LogP contribution is -2.21. The van der Waals surface area contributed by atoms with E-state index in [0.29, 0.717) is 33.5 Å². The molecule has 1 amide bonds. The molecule has 0 spiro atoms. The maximum Gasteiger partial charge on any atom is 0.573 e. The highest BCUT2D eigenvalue weighted by Crippen LogP contribution is 2.32. The van der Waals surface area contributed by atoms with Crippen molar-refractivity contribution < 1.29 is 37.7 Å². The summed E-state index contributed by atoms with van der Waals surface area (Å²) in [4.78, 5) is 17.3. The van der Waals surface area contributed by atoms with Crippen LogP contribution in [0.5, 0.6) is 11.5 Å². The first-order chi connectivity index (χ1) is 17.2. The number of nitrogens with zero attached hydrogens (tertiary/aromatic N) is 1. The molecule has 186 valence electrons. The Morgan fingerprint density at radius 2 is 1.72 bits per heavy atom. The van der Waals surface area contributed by atoms with E-state index in [4.69, 9.17) is 9.84 Å². The van der Waals surface area contributed by atoms with Gasteiger partial charge in [0.1, 0.15) is 29.9 Å². The van der Waals surface area contributed by atoms with Crippen LogP contribution in [0.4, 0.5) is 18.9 Å². The van der Waals surface area contributed by atoms with E-state index < -0.39 is 25.0 Å². The highest BCUT2D eigenvalue weighted by molar-refractivity contribution is 6.05. The number of alkyl halides is 3. The third kappa shape index (κ3) is 6.29. The molecule has 0 saturated carbocycles. The molecule has 4 aromatic rings. The number of pyridine rings is 1. The van der Waals surface area contributed by atoms with Gasteiger partial charge >= 0.3 is 6.36 Å². The predicted molar refractivity (Wildman–Crippen MR) is 127 cm³/mol. The molecule has 1 aromatic heterocycles. The van der Waals surface area contributed by atoms with E-state index in [1.165, 1.54) is 18.2 Å². The zero-order chi connectivity index (χ0) is 25.7. The largest absolute Gasteiger partial charge is 0.573 e. The lowest BCUT2D eigenvalue weighted by Gasteiger charge is -2.12. The number of carbonyl (C=O) groups is 1. The van der Waals surface area contributed by atoms with Crippen molar-refractivity contribution in [2.75, 3.05) is 18.5 Å². The van der Waals surface area contributed by atoms with Crippen molar-refractivity contribution in [2.45, 2.75) is 12.5 Å². The number of benzene rings is 3. The summed E-state index contributed by atoms with van der Waals surface area (Å²) in [6.07, 6.45) is -5.81. The lowest BCUT2D eigenvalue weighted by atomic mass is 10.0. The summed E-state index contributed by atoms with van der Waals surface area (Å²) in [7, 11) is 0. The highest BCUT2D eigenvalue weighted by atomic mass is 19.4. The van der Waals surface area contributed by atoms with Gasteiger partial charge in [-0.2, -0.15) is 0 Å². The van der Waals surface area contributed by atoms with Crippen LogP contribution in [0.3, 0.4) is 0 Å². The van der Waals surface area contributed by atoms with E-state index in [-0.39, 0.29) is 18.1 Å². The van der Waals surface area contributed by atoms with Gasteiger partial charge in [-0.3, -0.25) is 4.79 Å². The summed E-state index contributed by atoms with van der Waals surface area (Å²) in [5.41, 5.74) is 2.03. The van der Waals surface area contributed by atoms with Crippen LogP contribution in [-0.2, 0) is 0 Å². The van der Waals surface area contributed by atoms with Crippen LogP contribution < -0.4 is 14.8 Å². The first-order valence-electron chi connectivity index (χ1n) is 10.8. The maximum absolute atomic E-state index is 12.8. The Kier molecular flexibility index (Phi) is 7.37. The Hall–Kier alpha value is -4.15. The fraction of sp³-hybridized carbons (Fsp3) is 0.154. The molecule has 0 aliphatic rings. The van der Waals surface area contributed by atoms with Gasteiger partial charge < -0.3 is 25.0 Å². The fourth-order valence-corrected chi connectivity index (χ4v) is 3.44. The molecule has 3 aromatic carbocycles. The van der Waals surface area contributed by atoms with E-state index in [9.17, 15) is 23.1 Å². The number of amides is 1. The number of hydrogen-bond donors (Lipinski definition) is 3. The Morgan fingerprint density at radius 3 is 2.44 bits per heavy atom. The minimum Gasteiger partial charge on any atom is -0.491 e. The second-order valence-electron chi connectivity index (χ2n) is 7.78. The van der Waals surface area contributed by atoms with Gasteiger partial charge in [-0.1, -0.05) is 36.4 Å². The normalized spacial score (nSPS) is 12.2. The summed E-state index contributed by atoms with van der Waals surface area (Å²) < 4.78 is 47.3.